The molecule has 0 aliphatic carbocycles. The number of nitrogens with zero attached hydrogens (tertiary/aromatic N) is 1. The maximum atomic E-state index is 13.2. The molecule has 6 heteroatoms. The number of anilines is 1. The molecule has 1 heterocycles. The van der Waals surface area contributed by atoms with Gasteiger partial charge >= 0.3 is 5.97 Å². The lowest BCUT2D eigenvalue weighted by Gasteiger charge is -2.29. The van der Waals surface area contributed by atoms with E-state index < -0.39 is 29.1 Å². The number of carboxylic acid groups (broad SMARTS) is 1. The highest BCUT2D eigenvalue weighted by molar-refractivity contribution is 6.17. The Morgan fingerprint density at radius 3 is 2.00 bits per heavy atom. The molecule has 0 fully saturated rings. The number of hydrogen-bond donors (Lipinski definition) is 2. The number of rotatable bonds is 6. The van der Waals surface area contributed by atoms with E-state index in [9.17, 15) is 19.5 Å². The molecule has 2 aromatic carbocycles. The average Bonchev–Trinajstić information content (AvgIpc) is 2.98. The molecule has 1 amide bonds. The third-order valence-electron chi connectivity index (χ3n) is 5.41. The summed E-state index contributed by atoms with van der Waals surface area (Å²) < 4.78 is 0. The zero-order valence-electron chi connectivity index (χ0n) is 18.2. The molecule has 0 radical (unpaired) electrons. The molecular formula is C25H27NO5. The van der Waals surface area contributed by atoms with Crippen molar-refractivity contribution in [1.82, 2.24) is 0 Å². The molecule has 31 heavy (non-hydrogen) atoms. The van der Waals surface area contributed by atoms with E-state index in [0.29, 0.717) is 11.3 Å². The molecule has 0 saturated heterocycles. The van der Waals surface area contributed by atoms with Crippen LogP contribution in [0, 0.1) is 5.41 Å². The molecule has 0 saturated carbocycles. The fourth-order valence-corrected chi connectivity index (χ4v) is 3.71. The van der Waals surface area contributed by atoms with Gasteiger partial charge in [0.15, 0.2) is 11.5 Å². The predicted molar refractivity (Wildman–Crippen MR) is 118 cm³/mol. The van der Waals surface area contributed by atoms with E-state index in [-0.39, 0.29) is 17.8 Å². The van der Waals surface area contributed by atoms with Crippen LogP contribution in [-0.4, -0.2) is 27.9 Å². The first-order chi connectivity index (χ1) is 14.5. The van der Waals surface area contributed by atoms with Crippen molar-refractivity contribution in [2.24, 2.45) is 5.41 Å². The van der Waals surface area contributed by atoms with Gasteiger partial charge in [-0.1, -0.05) is 64.1 Å². The normalized spacial score (nSPS) is 16.7. The van der Waals surface area contributed by atoms with E-state index in [4.69, 9.17) is 5.11 Å². The molecule has 3 rings (SSSR count). The Hall–Kier alpha value is -3.41. The van der Waals surface area contributed by atoms with E-state index in [2.05, 4.69) is 0 Å². The van der Waals surface area contributed by atoms with Gasteiger partial charge in [0.1, 0.15) is 0 Å². The number of aryl methyl sites for hydroxylation is 1. The van der Waals surface area contributed by atoms with E-state index in [1.54, 1.807) is 45.0 Å². The van der Waals surface area contributed by atoms with Gasteiger partial charge in [-0.05, 0) is 35.2 Å². The highest BCUT2D eigenvalue weighted by atomic mass is 16.4. The molecule has 1 aliphatic rings. The third kappa shape index (κ3) is 4.38. The van der Waals surface area contributed by atoms with Crippen molar-refractivity contribution < 1.29 is 24.6 Å². The molecule has 1 atom stereocenters. The van der Waals surface area contributed by atoms with Crippen LogP contribution in [0.15, 0.2) is 59.9 Å². The van der Waals surface area contributed by atoms with Crippen LogP contribution >= 0.6 is 0 Å². The summed E-state index contributed by atoms with van der Waals surface area (Å²) in [5, 5.41) is 19.7. The van der Waals surface area contributed by atoms with Crippen molar-refractivity contribution in [3.05, 3.63) is 76.6 Å². The predicted octanol–water partition coefficient (Wildman–Crippen LogP) is 4.39. The number of benzene rings is 2. The Kier molecular flexibility index (Phi) is 6.02. The van der Waals surface area contributed by atoms with Crippen molar-refractivity contribution in [3.8, 4) is 0 Å². The Labute approximate surface area is 181 Å². The number of carboxylic acids is 1. The Morgan fingerprint density at radius 2 is 1.52 bits per heavy atom. The highest BCUT2D eigenvalue weighted by Crippen LogP contribution is 2.43. The van der Waals surface area contributed by atoms with Crippen molar-refractivity contribution in [2.45, 2.75) is 46.6 Å². The van der Waals surface area contributed by atoms with Crippen LogP contribution in [0.5, 0.6) is 0 Å². The van der Waals surface area contributed by atoms with Crippen molar-refractivity contribution >= 4 is 23.3 Å². The first-order valence-electron chi connectivity index (χ1n) is 10.3. The number of aliphatic carboxylic acids is 1. The van der Waals surface area contributed by atoms with Crippen molar-refractivity contribution in [2.75, 3.05) is 4.90 Å². The molecule has 6 nitrogen and oxygen atoms in total. The monoisotopic (exact) mass is 421 g/mol. The molecule has 2 N–H and O–H groups in total. The largest absolute Gasteiger partial charge is 0.503 e. The second-order valence-corrected chi connectivity index (χ2v) is 8.75. The Balaban J connectivity index is 2.11. The molecule has 1 unspecified atom stereocenters. The smallest absolute Gasteiger partial charge is 0.307 e. The second-order valence-electron chi connectivity index (χ2n) is 8.75. The minimum atomic E-state index is -0.948. The van der Waals surface area contributed by atoms with Crippen LogP contribution in [0.25, 0.3) is 0 Å². The molecule has 0 spiro atoms. The SMILES string of the molecule is CCc1ccc(C2C(C(=O)C(C)(C)C)=C(O)C(=O)N2c2ccc(CC(=O)O)cc2)cc1. The van der Waals surface area contributed by atoms with Crippen LogP contribution in [0.3, 0.4) is 0 Å². The quantitative estimate of drug-likeness (QED) is 0.721. The number of hydrogen-bond acceptors (Lipinski definition) is 4. The van der Waals surface area contributed by atoms with Crippen LogP contribution in [-0.2, 0) is 27.2 Å². The van der Waals surface area contributed by atoms with Gasteiger partial charge < -0.3 is 10.2 Å². The van der Waals surface area contributed by atoms with Gasteiger partial charge in [-0.2, -0.15) is 0 Å². The number of aliphatic hydroxyl groups excluding tert-OH is 1. The number of ketones is 1. The van der Waals surface area contributed by atoms with E-state index in [0.717, 1.165) is 17.5 Å². The summed E-state index contributed by atoms with van der Waals surface area (Å²) >= 11 is 0. The molecular weight excluding hydrogens is 394 g/mol. The minimum absolute atomic E-state index is 0.0800. The van der Waals surface area contributed by atoms with Gasteiger partial charge in [-0.3, -0.25) is 19.3 Å². The fourth-order valence-electron chi connectivity index (χ4n) is 3.71. The summed E-state index contributed by atoms with van der Waals surface area (Å²) in [6, 6.07) is 13.4. The van der Waals surface area contributed by atoms with Gasteiger partial charge in [-0.15, -0.1) is 0 Å². The van der Waals surface area contributed by atoms with Gasteiger partial charge in [0.25, 0.3) is 5.91 Å². The highest BCUT2D eigenvalue weighted by Gasteiger charge is 2.46. The lowest BCUT2D eigenvalue weighted by atomic mass is 9.82. The van der Waals surface area contributed by atoms with Gasteiger partial charge in [0, 0.05) is 11.1 Å². The van der Waals surface area contributed by atoms with Crippen LogP contribution in [0.2, 0.25) is 0 Å². The van der Waals surface area contributed by atoms with E-state index >= 15 is 0 Å². The number of carbonyl (C=O) groups excluding carboxylic acids is 2. The standard InChI is InChI=1S/C25H27NO5/c1-5-15-6-10-17(11-7-15)21-20(23(30)25(2,3)4)22(29)24(31)26(21)18-12-8-16(9-13-18)14-19(27)28/h6-13,21,29H,5,14H2,1-4H3,(H,27,28). The maximum absolute atomic E-state index is 13.2. The van der Waals surface area contributed by atoms with E-state index in [1.807, 2.05) is 31.2 Å². The second kappa shape index (κ2) is 8.38. The molecule has 1 aliphatic heterocycles. The van der Waals surface area contributed by atoms with Gasteiger partial charge in [0.05, 0.1) is 18.0 Å². The van der Waals surface area contributed by atoms with Crippen molar-refractivity contribution in [1.29, 1.82) is 0 Å². The van der Waals surface area contributed by atoms with Gasteiger partial charge in [0.2, 0.25) is 0 Å². The molecule has 0 aromatic heterocycles. The molecule has 0 bridgehead atoms. The third-order valence-corrected chi connectivity index (χ3v) is 5.41. The summed E-state index contributed by atoms with van der Waals surface area (Å²) in [6.07, 6.45) is 0.723. The van der Waals surface area contributed by atoms with Crippen molar-refractivity contribution in [3.63, 3.8) is 0 Å². The van der Waals surface area contributed by atoms with E-state index in [1.165, 1.54) is 4.90 Å². The lowest BCUT2D eigenvalue weighted by Crippen LogP contribution is -2.32. The Bertz CT molecular complexity index is 1040. The zero-order valence-corrected chi connectivity index (χ0v) is 18.2. The molecule has 162 valence electrons. The Morgan fingerprint density at radius 1 is 0.968 bits per heavy atom. The average molecular weight is 421 g/mol. The lowest BCUT2D eigenvalue weighted by molar-refractivity contribution is -0.136. The maximum Gasteiger partial charge on any atom is 0.307 e. The number of amides is 1. The van der Waals surface area contributed by atoms with Crippen LogP contribution < -0.4 is 4.90 Å². The summed E-state index contributed by atoms with van der Waals surface area (Å²) in [4.78, 5) is 38.7. The zero-order chi connectivity index (χ0) is 22.9. The molecule has 2 aromatic rings. The summed E-state index contributed by atoms with van der Waals surface area (Å²) in [6.45, 7) is 7.29. The van der Waals surface area contributed by atoms with Gasteiger partial charge in [-0.25, -0.2) is 0 Å². The van der Waals surface area contributed by atoms with Crippen LogP contribution in [0.4, 0.5) is 5.69 Å². The topological polar surface area (TPSA) is 94.9 Å². The van der Waals surface area contributed by atoms with Crippen LogP contribution in [0.1, 0.15) is 50.4 Å². The number of Topliss-reactive ketones (excluding diaryl/α,β-unsaturated/α-hetero) is 1. The summed E-state index contributed by atoms with van der Waals surface area (Å²) in [5.41, 5.74) is 2.21. The fraction of sp³-hybridized carbons (Fsp3) is 0.320. The summed E-state index contributed by atoms with van der Waals surface area (Å²) in [7, 11) is 0. The number of aliphatic hydroxyl groups is 1. The first-order valence-corrected chi connectivity index (χ1v) is 10.3. The minimum Gasteiger partial charge on any atom is -0.503 e. The number of carbonyl (C=O) groups is 3. The first kappa shape index (κ1) is 22.3. The summed E-state index contributed by atoms with van der Waals surface area (Å²) in [5.74, 6) is -2.44.